The van der Waals surface area contributed by atoms with E-state index in [9.17, 15) is 4.79 Å². The highest BCUT2D eigenvalue weighted by Gasteiger charge is 2.08. The standard InChI is InChI=1S/C10H10BrIOS/c1-14-10-7(5-8(13)6-11)3-2-4-9(10)12/h2-4H,5-6H2,1H3. The second kappa shape index (κ2) is 6.12. The summed E-state index contributed by atoms with van der Waals surface area (Å²) in [5, 5.41) is 0.437. The summed E-state index contributed by atoms with van der Waals surface area (Å²) < 4.78 is 1.22. The Balaban J connectivity index is 2.96. The van der Waals surface area contributed by atoms with E-state index in [0.29, 0.717) is 11.8 Å². The number of alkyl halides is 1. The van der Waals surface area contributed by atoms with Gasteiger partial charge in [-0.25, -0.2) is 0 Å². The quantitative estimate of drug-likeness (QED) is 0.449. The monoisotopic (exact) mass is 384 g/mol. The Bertz CT molecular complexity index is 341. The van der Waals surface area contributed by atoms with Crippen molar-refractivity contribution in [3.8, 4) is 0 Å². The number of hydrogen-bond donors (Lipinski definition) is 0. The molecule has 0 aliphatic rings. The smallest absolute Gasteiger partial charge is 0.147 e. The molecular formula is C10H10BrIOS. The van der Waals surface area contributed by atoms with Gasteiger partial charge in [0.1, 0.15) is 5.78 Å². The van der Waals surface area contributed by atoms with Crippen molar-refractivity contribution in [3.05, 3.63) is 27.3 Å². The number of benzene rings is 1. The number of halogens is 2. The molecule has 0 saturated heterocycles. The van der Waals surface area contributed by atoms with Gasteiger partial charge in [0.15, 0.2) is 0 Å². The molecule has 0 amide bonds. The molecule has 0 fully saturated rings. The lowest BCUT2D eigenvalue weighted by Gasteiger charge is -2.07. The molecule has 0 aliphatic carbocycles. The van der Waals surface area contributed by atoms with Gasteiger partial charge in [-0.3, -0.25) is 4.79 Å². The number of rotatable bonds is 4. The van der Waals surface area contributed by atoms with E-state index in [1.807, 2.05) is 18.4 Å². The number of carbonyl (C=O) groups is 1. The van der Waals surface area contributed by atoms with E-state index < -0.39 is 0 Å². The van der Waals surface area contributed by atoms with Gasteiger partial charge in [0, 0.05) is 14.9 Å². The van der Waals surface area contributed by atoms with Crippen LogP contribution in [-0.4, -0.2) is 17.4 Å². The third-order valence-corrected chi connectivity index (χ3v) is 4.57. The van der Waals surface area contributed by atoms with Crippen LogP contribution in [0.4, 0.5) is 0 Å². The molecule has 0 saturated carbocycles. The average molecular weight is 385 g/mol. The minimum absolute atomic E-state index is 0.224. The Morgan fingerprint density at radius 2 is 2.29 bits per heavy atom. The molecule has 0 aromatic heterocycles. The molecule has 0 bridgehead atoms. The van der Waals surface area contributed by atoms with Crippen LogP contribution in [0.3, 0.4) is 0 Å². The van der Waals surface area contributed by atoms with E-state index in [1.165, 1.54) is 8.47 Å². The van der Waals surface area contributed by atoms with Crippen LogP contribution in [-0.2, 0) is 11.2 Å². The first-order valence-corrected chi connectivity index (χ1v) is 7.50. The van der Waals surface area contributed by atoms with Crippen molar-refractivity contribution in [3.63, 3.8) is 0 Å². The van der Waals surface area contributed by atoms with Crippen LogP contribution >= 0.6 is 50.3 Å². The summed E-state index contributed by atoms with van der Waals surface area (Å²) in [6.45, 7) is 0. The maximum atomic E-state index is 11.3. The van der Waals surface area contributed by atoms with Gasteiger partial charge in [0.05, 0.1) is 5.33 Å². The van der Waals surface area contributed by atoms with Gasteiger partial charge < -0.3 is 0 Å². The minimum atomic E-state index is 0.224. The molecule has 4 heteroatoms. The van der Waals surface area contributed by atoms with Crippen LogP contribution in [0.25, 0.3) is 0 Å². The van der Waals surface area contributed by atoms with Crippen molar-refractivity contribution in [1.82, 2.24) is 0 Å². The number of ketones is 1. The lowest BCUT2D eigenvalue weighted by Crippen LogP contribution is -2.05. The highest BCUT2D eigenvalue weighted by atomic mass is 127. The Morgan fingerprint density at radius 3 is 2.86 bits per heavy atom. The molecule has 0 radical (unpaired) electrons. The normalized spacial score (nSPS) is 10.2. The molecule has 1 aromatic carbocycles. The summed E-state index contributed by atoms with van der Waals surface area (Å²) in [5.74, 6) is 0.224. The summed E-state index contributed by atoms with van der Waals surface area (Å²) in [5.41, 5.74) is 1.13. The summed E-state index contributed by atoms with van der Waals surface area (Å²) in [6.07, 6.45) is 2.57. The summed E-state index contributed by atoms with van der Waals surface area (Å²) in [6, 6.07) is 6.08. The lowest BCUT2D eigenvalue weighted by atomic mass is 10.1. The van der Waals surface area contributed by atoms with Gasteiger partial charge in [0.2, 0.25) is 0 Å². The SMILES string of the molecule is CSc1c(I)cccc1CC(=O)CBr. The maximum Gasteiger partial charge on any atom is 0.147 e. The number of hydrogen-bond acceptors (Lipinski definition) is 2. The second-order valence-corrected chi connectivity index (χ2v) is 5.32. The molecule has 14 heavy (non-hydrogen) atoms. The highest BCUT2D eigenvalue weighted by Crippen LogP contribution is 2.26. The van der Waals surface area contributed by atoms with E-state index in [4.69, 9.17) is 0 Å². The Kier molecular flexibility index (Phi) is 5.48. The topological polar surface area (TPSA) is 17.1 Å². The number of thioether (sulfide) groups is 1. The van der Waals surface area contributed by atoms with Crippen LogP contribution in [0.5, 0.6) is 0 Å². The van der Waals surface area contributed by atoms with Crippen LogP contribution in [0.2, 0.25) is 0 Å². The van der Waals surface area contributed by atoms with Crippen LogP contribution < -0.4 is 0 Å². The molecule has 0 unspecified atom stereocenters. The third-order valence-electron chi connectivity index (χ3n) is 1.79. The minimum Gasteiger partial charge on any atom is -0.298 e. The predicted octanol–water partition coefficient (Wildman–Crippen LogP) is 3.52. The first-order chi connectivity index (χ1) is 6.69. The maximum absolute atomic E-state index is 11.3. The molecule has 0 atom stereocenters. The molecule has 0 heterocycles. The van der Waals surface area contributed by atoms with Crippen molar-refractivity contribution < 1.29 is 4.79 Å². The summed E-state index contributed by atoms with van der Waals surface area (Å²) in [7, 11) is 0. The van der Waals surface area contributed by atoms with Crippen molar-refractivity contribution in [2.75, 3.05) is 11.6 Å². The highest BCUT2D eigenvalue weighted by molar-refractivity contribution is 14.1. The van der Waals surface area contributed by atoms with Gasteiger partial charge in [-0.15, -0.1) is 11.8 Å². The van der Waals surface area contributed by atoms with E-state index in [0.717, 1.165) is 5.56 Å². The summed E-state index contributed by atoms with van der Waals surface area (Å²) >= 11 is 7.18. The second-order valence-electron chi connectivity index (χ2n) is 2.78. The van der Waals surface area contributed by atoms with Crippen LogP contribution in [0.1, 0.15) is 5.56 Å². The Morgan fingerprint density at radius 1 is 1.57 bits per heavy atom. The van der Waals surface area contributed by atoms with Gasteiger partial charge in [0.25, 0.3) is 0 Å². The fourth-order valence-electron chi connectivity index (χ4n) is 1.18. The number of carbonyl (C=O) groups excluding carboxylic acids is 1. The molecule has 0 spiro atoms. The zero-order valence-electron chi connectivity index (χ0n) is 7.72. The van der Waals surface area contributed by atoms with Crippen LogP contribution in [0.15, 0.2) is 23.1 Å². The Labute approximate surface area is 110 Å². The molecule has 1 aromatic rings. The molecule has 1 rings (SSSR count). The van der Waals surface area contributed by atoms with Gasteiger partial charge in [-0.1, -0.05) is 28.1 Å². The van der Waals surface area contributed by atoms with Crippen molar-refractivity contribution in [1.29, 1.82) is 0 Å². The molecule has 1 nitrogen and oxygen atoms in total. The van der Waals surface area contributed by atoms with Crippen molar-refractivity contribution in [2.24, 2.45) is 0 Å². The van der Waals surface area contributed by atoms with Crippen molar-refractivity contribution in [2.45, 2.75) is 11.3 Å². The average Bonchev–Trinajstić information content (AvgIpc) is 2.18. The van der Waals surface area contributed by atoms with E-state index >= 15 is 0 Å². The predicted molar refractivity (Wildman–Crippen MR) is 73.4 cm³/mol. The summed E-state index contributed by atoms with van der Waals surface area (Å²) in [4.78, 5) is 12.5. The van der Waals surface area contributed by atoms with Gasteiger partial charge in [-0.05, 0) is 40.5 Å². The fourth-order valence-corrected chi connectivity index (χ4v) is 3.26. The van der Waals surface area contributed by atoms with Crippen molar-refractivity contribution >= 4 is 56.1 Å². The van der Waals surface area contributed by atoms with E-state index in [2.05, 4.69) is 44.6 Å². The molecule has 76 valence electrons. The Hall–Kier alpha value is 0.450. The zero-order valence-corrected chi connectivity index (χ0v) is 12.3. The van der Waals surface area contributed by atoms with Crippen LogP contribution in [0, 0.1) is 3.57 Å². The lowest BCUT2D eigenvalue weighted by molar-refractivity contribution is -0.115. The fraction of sp³-hybridized carbons (Fsp3) is 0.300. The zero-order chi connectivity index (χ0) is 10.6. The third kappa shape index (κ3) is 3.24. The van der Waals surface area contributed by atoms with Gasteiger partial charge in [-0.2, -0.15) is 0 Å². The van der Waals surface area contributed by atoms with E-state index in [-0.39, 0.29) is 5.78 Å². The van der Waals surface area contributed by atoms with E-state index in [1.54, 1.807) is 11.8 Å². The first kappa shape index (κ1) is 12.5. The van der Waals surface area contributed by atoms with Gasteiger partial charge >= 0.3 is 0 Å². The molecule has 0 N–H and O–H groups in total. The first-order valence-electron chi connectivity index (χ1n) is 4.08. The number of Topliss-reactive ketones (excluding diaryl/α,β-unsaturated/α-hetero) is 1. The molecule has 0 aliphatic heterocycles. The largest absolute Gasteiger partial charge is 0.298 e. The molecular weight excluding hydrogens is 375 g/mol.